The lowest BCUT2D eigenvalue weighted by Gasteiger charge is -2.24. The molecule has 0 radical (unpaired) electrons. The van der Waals surface area contributed by atoms with Crippen LogP contribution in [0.4, 0.5) is 0 Å². The van der Waals surface area contributed by atoms with Crippen molar-refractivity contribution < 1.29 is 14.3 Å². The highest BCUT2D eigenvalue weighted by molar-refractivity contribution is 5.82. The van der Waals surface area contributed by atoms with Gasteiger partial charge in [-0.05, 0) is 12.8 Å². The van der Waals surface area contributed by atoms with Crippen LogP contribution < -0.4 is 0 Å². The van der Waals surface area contributed by atoms with Crippen LogP contribution in [-0.2, 0) is 14.3 Å². The number of likely N-dealkylation sites (tertiary alicyclic amines) is 1. The molecule has 0 bridgehead atoms. The average molecular weight is 183 g/mol. The van der Waals surface area contributed by atoms with Crippen molar-refractivity contribution >= 4 is 12.4 Å². The van der Waals surface area contributed by atoms with Gasteiger partial charge in [-0.2, -0.15) is 0 Å². The number of esters is 1. The van der Waals surface area contributed by atoms with E-state index in [2.05, 4.69) is 4.74 Å². The van der Waals surface area contributed by atoms with Crippen molar-refractivity contribution in [3.05, 3.63) is 11.6 Å². The molecular formula is C9H13NO3. The van der Waals surface area contributed by atoms with Crippen molar-refractivity contribution in [3.8, 4) is 0 Å². The monoisotopic (exact) mass is 183 g/mol. The Hall–Kier alpha value is -1.32. The van der Waals surface area contributed by atoms with E-state index in [-0.39, 0.29) is 5.97 Å². The van der Waals surface area contributed by atoms with Crippen LogP contribution in [0.25, 0.3) is 0 Å². The molecule has 4 heteroatoms. The highest BCUT2D eigenvalue weighted by Gasteiger charge is 2.12. The summed E-state index contributed by atoms with van der Waals surface area (Å²) in [5, 5.41) is 0. The molecule has 1 fully saturated rings. The summed E-state index contributed by atoms with van der Waals surface area (Å²) in [5.74, 6) is -0.311. The molecule has 13 heavy (non-hydrogen) atoms. The molecule has 0 unspecified atom stereocenters. The summed E-state index contributed by atoms with van der Waals surface area (Å²) in [6, 6.07) is 0. The molecule has 0 N–H and O–H groups in total. The molecular weight excluding hydrogens is 170 g/mol. The normalized spacial score (nSPS) is 16.7. The summed E-state index contributed by atoms with van der Waals surface area (Å²) in [4.78, 5) is 22.9. The standard InChI is InChI=1S/C9H13NO3/c1-13-9(12)6-8-2-4-10(7-11)5-3-8/h6-7H,2-5H2,1H3. The Morgan fingerprint density at radius 3 is 2.54 bits per heavy atom. The van der Waals surface area contributed by atoms with Gasteiger partial charge in [0.1, 0.15) is 0 Å². The molecule has 0 spiro atoms. The minimum absolute atomic E-state index is 0.311. The molecule has 1 rings (SSSR count). The van der Waals surface area contributed by atoms with E-state index < -0.39 is 0 Å². The van der Waals surface area contributed by atoms with Gasteiger partial charge in [0, 0.05) is 19.2 Å². The van der Waals surface area contributed by atoms with Gasteiger partial charge in [-0.15, -0.1) is 0 Å². The molecule has 1 saturated heterocycles. The van der Waals surface area contributed by atoms with Gasteiger partial charge >= 0.3 is 5.97 Å². The smallest absolute Gasteiger partial charge is 0.330 e. The Labute approximate surface area is 77.2 Å². The summed E-state index contributed by atoms with van der Waals surface area (Å²) >= 11 is 0. The van der Waals surface area contributed by atoms with Gasteiger partial charge in [0.15, 0.2) is 0 Å². The van der Waals surface area contributed by atoms with Gasteiger partial charge in [0.25, 0.3) is 0 Å². The van der Waals surface area contributed by atoms with Crippen molar-refractivity contribution in [2.45, 2.75) is 12.8 Å². The molecule has 1 aliphatic heterocycles. The molecule has 0 saturated carbocycles. The van der Waals surface area contributed by atoms with E-state index in [9.17, 15) is 9.59 Å². The maximum atomic E-state index is 10.8. The topological polar surface area (TPSA) is 46.6 Å². The van der Waals surface area contributed by atoms with E-state index in [4.69, 9.17) is 0 Å². The lowest BCUT2D eigenvalue weighted by atomic mass is 10.0. The Bertz CT molecular complexity index is 225. The first kappa shape index (κ1) is 9.77. The Morgan fingerprint density at radius 1 is 1.46 bits per heavy atom. The van der Waals surface area contributed by atoms with Crippen molar-refractivity contribution in [2.75, 3.05) is 20.2 Å². The predicted octanol–water partition coefficient (Wildman–Crippen LogP) is 0.338. The summed E-state index contributed by atoms with van der Waals surface area (Å²) in [7, 11) is 1.36. The molecule has 0 aromatic rings. The van der Waals surface area contributed by atoms with Crippen LogP contribution in [0.5, 0.6) is 0 Å². The third-order valence-corrected chi connectivity index (χ3v) is 2.11. The van der Waals surface area contributed by atoms with Gasteiger partial charge < -0.3 is 9.64 Å². The summed E-state index contributed by atoms with van der Waals surface area (Å²) in [6.45, 7) is 1.40. The van der Waals surface area contributed by atoms with E-state index in [1.54, 1.807) is 4.90 Å². The Morgan fingerprint density at radius 2 is 2.08 bits per heavy atom. The molecule has 1 aliphatic rings. The van der Waals surface area contributed by atoms with E-state index >= 15 is 0 Å². The van der Waals surface area contributed by atoms with Crippen LogP contribution in [-0.4, -0.2) is 37.5 Å². The van der Waals surface area contributed by atoms with Gasteiger partial charge in [0.05, 0.1) is 7.11 Å². The molecule has 0 aromatic heterocycles. The van der Waals surface area contributed by atoms with Gasteiger partial charge in [0.2, 0.25) is 6.41 Å². The number of hydrogen-bond acceptors (Lipinski definition) is 3. The van der Waals surface area contributed by atoms with Gasteiger partial charge in [-0.25, -0.2) is 4.79 Å². The number of hydrogen-bond donors (Lipinski definition) is 0. The van der Waals surface area contributed by atoms with Crippen LogP contribution in [0.15, 0.2) is 11.6 Å². The average Bonchev–Trinajstić information content (AvgIpc) is 2.19. The molecule has 1 amide bonds. The Balaban J connectivity index is 2.44. The van der Waals surface area contributed by atoms with Crippen LogP contribution in [0.3, 0.4) is 0 Å². The second-order valence-corrected chi connectivity index (χ2v) is 2.97. The SMILES string of the molecule is COC(=O)C=C1CCN(C=O)CC1. The zero-order chi connectivity index (χ0) is 9.68. The van der Waals surface area contributed by atoms with E-state index in [0.29, 0.717) is 13.1 Å². The fourth-order valence-corrected chi connectivity index (χ4v) is 1.29. The predicted molar refractivity (Wildman–Crippen MR) is 47.0 cm³/mol. The van der Waals surface area contributed by atoms with Crippen molar-refractivity contribution in [2.24, 2.45) is 0 Å². The van der Waals surface area contributed by atoms with Crippen LogP contribution in [0, 0.1) is 0 Å². The second-order valence-electron chi connectivity index (χ2n) is 2.97. The number of amides is 1. The first-order chi connectivity index (χ1) is 6.26. The summed E-state index contributed by atoms with van der Waals surface area (Å²) in [6.07, 6.45) is 3.90. The third-order valence-electron chi connectivity index (χ3n) is 2.11. The highest BCUT2D eigenvalue weighted by Crippen LogP contribution is 2.14. The first-order valence-electron chi connectivity index (χ1n) is 4.23. The maximum Gasteiger partial charge on any atom is 0.330 e. The fourth-order valence-electron chi connectivity index (χ4n) is 1.29. The van der Waals surface area contributed by atoms with Crippen molar-refractivity contribution in [3.63, 3.8) is 0 Å². The van der Waals surface area contributed by atoms with E-state index in [1.165, 1.54) is 13.2 Å². The van der Waals surface area contributed by atoms with Gasteiger partial charge in [-0.3, -0.25) is 4.79 Å². The van der Waals surface area contributed by atoms with Crippen molar-refractivity contribution in [1.82, 2.24) is 4.90 Å². The van der Waals surface area contributed by atoms with Crippen molar-refractivity contribution in [1.29, 1.82) is 0 Å². The Kier molecular flexibility index (Phi) is 3.49. The fraction of sp³-hybridized carbons (Fsp3) is 0.556. The van der Waals surface area contributed by atoms with E-state index in [0.717, 1.165) is 24.8 Å². The lowest BCUT2D eigenvalue weighted by molar-refractivity contribution is -0.134. The number of carbonyl (C=O) groups excluding carboxylic acids is 2. The first-order valence-corrected chi connectivity index (χ1v) is 4.23. The van der Waals surface area contributed by atoms with Crippen LogP contribution >= 0.6 is 0 Å². The molecule has 0 aliphatic carbocycles. The summed E-state index contributed by atoms with van der Waals surface area (Å²) < 4.78 is 4.51. The molecule has 72 valence electrons. The number of nitrogens with zero attached hydrogens (tertiary/aromatic N) is 1. The summed E-state index contributed by atoms with van der Waals surface area (Å²) in [5.41, 5.74) is 1.06. The molecule has 0 aromatic carbocycles. The number of methoxy groups -OCH3 is 1. The molecule has 4 nitrogen and oxygen atoms in total. The highest BCUT2D eigenvalue weighted by atomic mass is 16.5. The zero-order valence-corrected chi connectivity index (χ0v) is 7.66. The molecule has 1 heterocycles. The second kappa shape index (κ2) is 4.64. The number of carbonyl (C=O) groups is 2. The van der Waals surface area contributed by atoms with Crippen LogP contribution in [0.1, 0.15) is 12.8 Å². The maximum absolute atomic E-state index is 10.8. The number of ether oxygens (including phenoxy) is 1. The van der Waals surface area contributed by atoms with E-state index in [1.807, 2.05) is 0 Å². The quantitative estimate of drug-likeness (QED) is 0.352. The minimum Gasteiger partial charge on any atom is -0.466 e. The zero-order valence-electron chi connectivity index (χ0n) is 7.66. The number of piperidine rings is 1. The third kappa shape index (κ3) is 2.89. The minimum atomic E-state index is -0.311. The van der Waals surface area contributed by atoms with Crippen LogP contribution in [0.2, 0.25) is 0 Å². The molecule has 0 atom stereocenters. The lowest BCUT2D eigenvalue weighted by Crippen LogP contribution is -2.29. The largest absolute Gasteiger partial charge is 0.466 e. The van der Waals surface area contributed by atoms with Gasteiger partial charge in [-0.1, -0.05) is 5.57 Å². The number of rotatable bonds is 2.